The summed E-state index contributed by atoms with van der Waals surface area (Å²) in [5, 5.41) is 3.36. The molecule has 1 aliphatic rings. The van der Waals surface area contributed by atoms with Crippen LogP contribution in [0.15, 0.2) is 0 Å². The smallest absolute Gasteiger partial charge is 0.184 e. The van der Waals surface area contributed by atoms with Gasteiger partial charge in [-0.25, -0.2) is 4.98 Å². The van der Waals surface area contributed by atoms with Crippen LogP contribution in [0.4, 0.5) is 0 Å². The van der Waals surface area contributed by atoms with E-state index in [-0.39, 0.29) is 0 Å². The summed E-state index contributed by atoms with van der Waals surface area (Å²) in [6, 6.07) is 0.434. The summed E-state index contributed by atoms with van der Waals surface area (Å²) in [4.78, 5) is 5.55. The van der Waals surface area contributed by atoms with Crippen LogP contribution in [0.1, 0.15) is 23.5 Å². The molecule has 1 aromatic rings. The molecule has 2 heterocycles. The highest BCUT2D eigenvalue weighted by atomic mass is 35.5. The molecule has 1 aliphatic heterocycles. The molecule has 60 valence electrons. The fourth-order valence-corrected chi connectivity index (χ4v) is 2.57. The SMILES string of the molecule is C[C@H]1NCCc2nc(Cl)sc21. The molecule has 2 nitrogen and oxygen atoms in total. The van der Waals surface area contributed by atoms with E-state index in [1.165, 1.54) is 10.6 Å². The molecule has 0 saturated heterocycles. The summed E-state index contributed by atoms with van der Waals surface area (Å²) in [6.07, 6.45) is 1.02. The third-order valence-electron chi connectivity index (χ3n) is 1.91. The number of hydrogen-bond donors (Lipinski definition) is 1. The predicted octanol–water partition coefficient (Wildman–Crippen LogP) is 2.00. The van der Waals surface area contributed by atoms with Crippen molar-refractivity contribution in [3.63, 3.8) is 0 Å². The molecule has 0 unspecified atom stereocenters. The van der Waals surface area contributed by atoms with Crippen molar-refractivity contribution in [2.45, 2.75) is 19.4 Å². The van der Waals surface area contributed by atoms with E-state index in [1.807, 2.05) is 0 Å². The molecule has 4 heteroatoms. The fraction of sp³-hybridized carbons (Fsp3) is 0.571. The summed E-state index contributed by atoms with van der Waals surface area (Å²) >= 11 is 7.39. The van der Waals surface area contributed by atoms with Crippen LogP contribution >= 0.6 is 22.9 Å². The van der Waals surface area contributed by atoms with Crippen LogP contribution in [0.25, 0.3) is 0 Å². The van der Waals surface area contributed by atoms with Crippen LogP contribution < -0.4 is 5.32 Å². The highest BCUT2D eigenvalue weighted by Gasteiger charge is 2.19. The van der Waals surface area contributed by atoms with Gasteiger partial charge >= 0.3 is 0 Å². The average molecular weight is 189 g/mol. The number of halogens is 1. The van der Waals surface area contributed by atoms with Gasteiger partial charge in [0.25, 0.3) is 0 Å². The molecular weight excluding hydrogens is 180 g/mol. The zero-order valence-electron chi connectivity index (χ0n) is 6.22. The molecule has 11 heavy (non-hydrogen) atoms. The molecule has 2 rings (SSSR count). The second kappa shape index (κ2) is 2.73. The maximum Gasteiger partial charge on any atom is 0.184 e. The number of nitrogens with one attached hydrogen (secondary N) is 1. The van der Waals surface area contributed by atoms with Gasteiger partial charge in [-0.1, -0.05) is 11.6 Å². The molecule has 0 amide bonds. The van der Waals surface area contributed by atoms with Crippen LogP contribution in [0.5, 0.6) is 0 Å². The highest BCUT2D eigenvalue weighted by molar-refractivity contribution is 7.15. The third kappa shape index (κ3) is 1.28. The Bertz CT molecular complexity index is 271. The summed E-state index contributed by atoms with van der Waals surface area (Å²) in [7, 11) is 0. The van der Waals surface area contributed by atoms with Crippen LogP contribution in [0.3, 0.4) is 0 Å². The van der Waals surface area contributed by atoms with E-state index in [1.54, 1.807) is 11.3 Å². The Morgan fingerprint density at radius 2 is 2.55 bits per heavy atom. The fourth-order valence-electron chi connectivity index (χ4n) is 1.35. The van der Waals surface area contributed by atoms with Gasteiger partial charge in [0.1, 0.15) is 0 Å². The quantitative estimate of drug-likeness (QED) is 0.674. The van der Waals surface area contributed by atoms with Gasteiger partial charge in [-0.05, 0) is 6.92 Å². The molecule has 0 radical (unpaired) electrons. The standard InChI is InChI=1S/C7H9ClN2S/c1-4-6-5(2-3-9-4)10-7(8)11-6/h4,9H,2-3H2,1H3/t4-/m1/s1. The van der Waals surface area contributed by atoms with Crippen molar-refractivity contribution in [3.05, 3.63) is 15.0 Å². The van der Waals surface area contributed by atoms with E-state index in [9.17, 15) is 0 Å². The van der Waals surface area contributed by atoms with E-state index in [0.29, 0.717) is 10.5 Å². The Morgan fingerprint density at radius 3 is 3.27 bits per heavy atom. The zero-order chi connectivity index (χ0) is 7.84. The molecule has 0 aromatic carbocycles. The Labute approximate surface area is 74.6 Å². The molecule has 1 atom stereocenters. The monoisotopic (exact) mass is 188 g/mol. The lowest BCUT2D eigenvalue weighted by molar-refractivity contribution is 0.545. The minimum Gasteiger partial charge on any atom is -0.309 e. The van der Waals surface area contributed by atoms with Gasteiger partial charge in [0.15, 0.2) is 4.47 Å². The maximum absolute atomic E-state index is 5.80. The zero-order valence-corrected chi connectivity index (χ0v) is 7.80. The van der Waals surface area contributed by atoms with Crippen molar-refractivity contribution in [1.29, 1.82) is 0 Å². The molecule has 0 bridgehead atoms. The van der Waals surface area contributed by atoms with Crippen molar-refractivity contribution in [3.8, 4) is 0 Å². The van der Waals surface area contributed by atoms with Crippen molar-refractivity contribution < 1.29 is 0 Å². The summed E-state index contributed by atoms with van der Waals surface area (Å²) < 4.78 is 0.672. The minimum atomic E-state index is 0.434. The van der Waals surface area contributed by atoms with Gasteiger partial charge in [0.2, 0.25) is 0 Å². The Hall–Kier alpha value is -0.120. The van der Waals surface area contributed by atoms with E-state index >= 15 is 0 Å². The second-order valence-electron chi connectivity index (χ2n) is 2.70. The van der Waals surface area contributed by atoms with E-state index < -0.39 is 0 Å². The number of hydrogen-bond acceptors (Lipinski definition) is 3. The second-order valence-corrected chi connectivity index (χ2v) is 4.32. The van der Waals surface area contributed by atoms with Gasteiger partial charge in [-0.2, -0.15) is 0 Å². The van der Waals surface area contributed by atoms with Gasteiger partial charge in [0, 0.05) is 23.9 Å². The van der Waals surface area contributed by atoms with Crippen molar-refractivity contribution in [2.75, 3.05) is 6.54 Å². The Balaban J connectivity index is 2.43. The van der Waals surface area contributed by atoms with Crippen molar-refractivity contribution in [1.82, 2.24) is 10.3 Å². The lowest BCUT2D eigenvalue weighted by atomic mass is 10.1. The largest absolute Gasteiger partial charge is 0.309 e. The first-order valence-electron chi connectivity index (χ1n) is 3.66. The van der Waals surface area contributed by atoms with E-state index in [2.05, 4.69) is 17.2 Å². The maximum atomic E-state index is 5.80. The molecule has 1 aromatic heterocycles. The molecule has 0 spiro atoms. The molecule has 1 N–H and O–H groups in total. The average Bonchev–Trinajstić information content (AvgIpc) is 2.31. The summed E-state index contributed by atoms with van der Waals surface area (Å²) in [5.41, 5.74) is 1.19. The van der Waals surface area contributed by atoms with Gasteiger partial charge in [-0.15, -0.1) is 11.3 Å². The Morgan fingerprint density at radius 1 is 1.73 bits per heavy atom. The number of rotatable bonds is 0. The molecule has 0 saturated carbocycles. The first-order chi connectivity index (χ1) is 5.27. The molecular formula is C7H9ClN2S. The van der Waals surface area contributed by atoms with Crippen LogP contribution in [0.2, 0.25) is 4.47 Å². The summed E-state index contributed by atoms with van der Waals surface area (Å²) in [5.74, 6) is 0. The van der Waals surface area contributed by atoms with Gasteiger partial charge < -0.3 is 5.32 Å². The van der Waals surface area contributed by atoms with Gasteiger partial charge in [-0.3, -0.25) is 0 Å². The normalized spacial score (nSPS) is 23.3. The Kier molecular flexibility index (Phi) is 1.87. The molecule has 0 aliphatic carbocycles. The number of fused-ring (bicyclic) bond motifs is 1. The van der Waals surface area contributed by atoms with Crippen molar-refractivity contribution in [2.24, 2.45) is 0 Å². The van der Waals surface area contributed by atoms with Crippen molar-refractivity contribution >= 4 is 22.9 Å². The van der Waals surface area contributed by atoms with Crippen LogP contribution in [-0.4, -0.2) is 11.5 Å². The highest BCUT2D eigenvalue weighted by Crippen LogP contribution is 2.30. The lowest BCUT2D eigenvalue weighted by Crippen LogP contribution is -2.26. The van der Waals surface area contributed by atoms with Crippen LogP contribution in [0, 0.1) is 0 Å². The number of aromatic nitrogens is 1. The molecule has 0 fully saturated rings. The first-order valence-corrected chi connectivity index (χ1v) is 4.85. The summed E-state index contributed by atoms with van der Waals surface area (Å²) in [6.45, 7) is 3.17. The first kappa shape index (κ1) is 7.53. The third-order valence-corrected chi connectivity index (χ3v) is 3.29. The minimum absolute atomic E-state index is 0.434. The topological polar surface area (TPSA) is 24.9 Å². The van der Waals surface area contributed by atoms with E-state index in [0.717, 1.165) is 13.0 Å². The number of nitrogens with zero attached hydrogens (tertiary/aromatic N) is 1. The van der Waals surface area contributed by atoms with Crippen LogP contribution in [-0.2, 0) is 6.42 Å². The predicted molar refractivity (Wildman–Crippen MR) is 47.2 cm³/mol. The lowest BCUT2D eigenvalue weighted by Gasteiger charge is -2.18. The van der Waals surface area contributed by atoms with Gasteiger partial charge in [0.05, 0.1) is 5.69 Å². The van der Waals surface area contributed by atoms with E-state index in [4.69, 9.17) is 11.6 Å². The number of thiazole rings is 1.